The normalized spacial score (nSPS) is 20.9. The molecular formula is C13H19N5O2S. The SMILES string of the molecule is CN1CCCC(NS(=O)(=O)c2c(N)nc3ccccn23)C1. The van der Waals surface area contributed by atoms with Crippen molar-refractivity contribution in [3.8, 4) is 0 Å². The number of hydrogen-bond donors (Lipinski definition) is 2. The summed E-state index contributed by atoms with van der Waals surface area (Å²) in [6.45, 7) is 1.70. The van der Waals surface area contributed by atoms with Crippen LogP contribution >= 0.6 is 0 Å². The molecule has 0 spiro atoms. The van der Waals surface area contributed by atoms with Crippen molar-refractivity contribution in [3.63, 3.8) is 0 Å². The number of piperidine rings is 1. The van der Waals surface area contributed by atoms with Gasteiger partial charge in [0.15, 0.2) is 10.8 Å². The zero-order valence-electron chi connectivity index (χ0n) is 11.9. The highest BCUT2D eigenvalue weighted by Gasteiger charge is 2.28. The molecule has 114 valence electrons. The second-order valence-corrected chi connectivity index (χ2v) is 7.08. The Morgan fingerprint density at radius 2 is 2.24 bits per heavy atom. The van der Waals surface area contributed by atoms with E-state index in [-0.39, 0.29) is 16.9 Å². The van der Waals surface area contributed by atoms with Crippen molar-refractivity contribution in [3.05, 3.63) is 24.4 Å². The second-order valence-electron chi connectivity index (χ2n) is 5.45. The molecular weight excluding hydrogens is 290 g/mol. The van der Waals surface area contributed by atoms with Gasteiger partial charge in [0.25, 0.3) is 10.0 Å². The molecule has 7 nitrogen and oxygen atoms in total. The number of hydrogen-bond acceptors (Lipinski definition) is 5. The van der Waals surface area contributed by atoms with Gasteiger partial charge in [-0.3, -0.25) is 4.40 Å². The molecule has 1 aliphatic rings. The monoisotopic (exact) mass is 309 g/mol. The predicted octanol–water partition coefficient (Wildman–Crippen LogP) is 0.289. The molecule has 2 aromatic rings. The average Bonchev–Trinajstić information content (AvgIpc) is 2.74. The third-order valence-electron chi connectivity index (χ3n) is 3.71. The van der Waals surface area contributed by atoms with Gasteiger partial charge in [0.05, 0.1) is 0 Å². The van der Waals surface area contributed by atoms with Crippen LogP contribution in [0.5, 0.6) is 0 Å². The number of nitrogens with two attached hydrogens (primary N) is 1. The number of likely N-dealkylation sites (N-methyl/N-ethyl adjacent to an activating group) is 1. The molecule has 3 heterocycles. The fraction of sp³-hybridized carbons (Fsp3) is 0.462. The Morgan fingerprint density at radius 1 is 1.43 bits per heavy atom. The molecule has 8 heteroatoms. The van der Waals surface area contributed by atoms with Crippen LogP contribution in [0.2, 0.25) is 0 Å². The maximum absolute atomic E-state index is 12.6. The summed E-state index contributed by atoms with van der Waals surface area (Å²) in [6, 6.07) is 5.18. The topological polar surface area (TPSA) is 92.7 Å². The lowest BCUT2D eigenvalue weighted by molar-refractivity contribution is 0.242. The van der Waals surface area contributed by atoms with Crippen molar-refractivity contribution in [2.24, 2.45) is 0 Å². The molecule has 1 atom stereocenters. The Labute approximate surface area is 123 Å². The molecule has 3 rings (SSSR count). The number of nitrogen functional groups attached to an aromatic ring is 1. The van der Waals surface area contributed by atoms with Crippen molar-refractivity contribution in [1.29, 1.82) is 0 Å². The van der Waals surface area contributed by atoms with Gasteiger partial charge in [0, 0.05) is 18.8 Å². The van der Waals surface area contributed by atoms with Gasteiger partial charge in [-0.15, -0.1) is 0 Å². The van der Waals surface area contributed by atoms with E-state index in [0.29, 0.717) is 12.2 Å². The highest BCUT2D eigenvalue weighted by Crippen LogP contribution is 2.21. The van der Waals surface area contributed by atoms with Crippen molar-refractivity contribution >= 4 is 21.5 Å². The highest BCUT2D eigenvalue weighted by atomic mass is 32.2. The van der Waals surface area contributed by atoms with E-state index in [1.165, 1.54) is 4.40 Å². The van der Waals surface area contributed by atoms with Crippen LogP contribution in [0.3, 0.4) is 0 Å². The smallest absolute Gasteiger partial charge is 0.260 e. The average molecular weight is 309 g/mol. The Hall–Kier alpha value is -1.64. The van der Waals surface area contributed by atoms with Crippen LogP contribution < -0.4 is 10.5 Å². The van der Waals surface area contributed by atoms with Crippen LogP contribution in [0.4, 0.5) is 5.82 Å². The minimum atomic E-state index is -3.70. The molecule has 1 unspecified atom stereocenters. The number of sulfonamides is 1. The standard InChI is InChI=1S/C13H19N5O2S/c1-17-7-4-5-10(9-17)16-21(19,20)13-12(14)15-11-6-2-3-8-18(11)13/h2-3,6,8,10,16H,4-5,7,9,14H2,1H3. The summed E-state index contributed by atoms with van der Waals surface area (Å²) in [6.07, 6.45) is 3.47. The van der Waals surface area contributed by atoms with Gasteiger partial charge in [0.1, 0.15) is 5.65 Å². The molecule has 0 saturated carbocycles. The van der Waals surface area contributed by atoms with E-state index in [2.05, 4.69) is 14.6 Å². The van der Waals surface area contributed by atoms with Crippen LogP contribution in [0, 0.1) is 0 Å². The first kappa shape index (κ1) is 14.3. The van der Waals surface area contributed by atoms with Crippen molar-refractivity contribution in [2.45, 2.75) is 23.9 Å². The maximum Gasteiger partial charge on any atom is 0.260 e. The first-order valence-corrected chi connectivity index (χ1v) is 8.39. The molecule has 0 amide bonds. The molecule has 21 heavy (non-hydrogen) atoms. The number of aromatic nitrogens is 2. The largest absolute Gasteiger partial charge is 0.381 e. The van der Waals surface area contributed by atoms with Crippen molar-refractivity contribution in [2.75, 3.05) is 25.9 Å². The van der Waals surface area contributed by atoms with Crippen LogP contribution in [0.15, 0.2) is 29.4 Å². The number of rotatable bonds is 3. The maximum atomic E-state index is 12.6. The zero-order valence-corrected chi connectivity index (χ0v) is 12.7. The highest BCUT2D eigenvalue weighted by molar-refractivity contribution is 7.89. The summed E-state index contributed by atoms with van der Waals surface area (Å²) in [5.41, 5.74) is 6.33. The number of nitrogens with zero attached hydrogens (tertiary/aromatic N) is 3. The molecule has 0 radical (unpaired) electrons. The lowest BCUT2D eigenvalue weighted by Gasteiger charge is -2.29. The minimum absolute atomic E-state index is 0.0197. The summed E-state index contributed by atoms with van der Waals surface area (Å²) in [7, 11) is -1.71. The first-order chi connectivity index (χ1) is 9.97. The Bertz CT molecular complexity index is 755. The van der Waals surface area contributed by atoms with Gasteiger partial charge < -0.3 is 10.6 Å². The van der Waals surface area contributed by atoms with Crippen LogP contribution in [0.1, 0.15) is 12.8 Å². The summed E-state index contributed by atoms with van der Waals surface area (Å²) in [4.78, 5) is 6.22. The molecule has 0 bridgehead atoms. The zero-order chi connectivity index (χ0) is 15.0. The number of likely N-dealkylation sites (tertiary alicyclic amines) is 1. The van der Waals surface area contributed by atoms with Crippen LogP contribution in [0.25, 0.3) is 5.65 Å². The van der Waals surface area contributed by atoms with Gasteiger partial charge in [-0.25, -0.2) is 18.1 Å². The third kappa shape index (κ3) is 2.74. The van der Waals surface area contributed by atoms with E-state index in [1.807, 2.05) is 7.05 Å². The van der Waals surface area contributed by atoms with Gasteiger partial charge in [-0.1, -0.05) is 6.07 Å². The number of imidazole rings is 1. The molecule has 0 aromatic carbocycles. The van der Waals surface area contributed by atoms with Gasteiger partial charge in [-0.2, -0.15) is 0 Å². The fourth-order valence-electron chi connectivity index (χ4n) is 2.80. The van der Waals surface area contributed by atoms with E-state index >= 15 is 0 Å². The Kier molecular flexibility index (Phi) is 3.60. The summed E-state index contributed by atoms with van der Waals surface area (Å²) >= 11 is 0. The minimum Gasteiger partial charge on any atom is -0.381 e. The van der Waals surface area contributed by atoms with E-state index in [4.69, 9.17) is 5.73 Å². The summed E-state index contributed by atoms with van der Waals surface area (Å²) < 4.78 is 29.5. The number of anilines is 1. The number of fused-ring (bicyclic) bond motifs is 1. The predicted molar refractivity (Wildman–Crippen MR) is 80.4 cm³/mol. The van der Waals surface area contributed by atoms with Gasteiger partial charge >= 0.3 is 0 Å². The van der Waals surface area contributed by atoms with E-state index in [9.17, 15) is 8.42 Å². The molecule has 2 aromatic heterocycles. The first-order valence-electron chi connectivity index (χ1n) is 6.91. The second kappa shape index (κ2) is 5.28. The fourth-order valence-corrected chi connectivity index (χ4v) is 4.27. The Morgan fingerprint density at radius 3 is 3.00 bits per heavy atom. The van der Waals surface area contributed by atoms with E-state index in [1.54, 1.807) is 24.4 Å². The summed E-state index contributed by atoms with van der Waals surface area (Å²) in [5.74, 6) is 0.0258. The molecule has 1 fully saturated rings. The molecule has 1 aliphatic heterocycles. The van der Waals surface area contributed by atoms with Gasteiger partial charge in [0.2, 0.25) is 0 Å². The number of pyridine rings is 1. The lowest BCUT2D eigenvalue weighted by Crippen LogP contribution is -2.46. The Balaban J connectivity index is 1.95. The summed E-state index contributed by atoms with van der Waals surface area (Å²) in [5, 5.41) is 0.0197. The molecule has 1 saturated heterocycles. The van der Waals surface area contributed by atoms with Crippen LogP contribution in [-0.4, -0.2) is 48.9 Å². The lowest BCUT2D eigenvalue weighted by atomic mass is 10.1. The third-order valence-corrected chi connectivity index (χ3v) is 5.27. The van der Waals surface area contributed by atoms with Crippen molar-refractivity contribution in [1.82, 2.24) is 19.0 Å². The van der Waals surface area contributed by atoms with E-state index < -0.39 is 10.0 Å². The molecule has 0 aliphatic carbocycles. The van der Waals surface area contributed by atoms with E-state index in [0.717, 1.165) is 19.4 Å². The van der Waals surface area contributed by atoms with Crippen molar-refractivity contribution < 1.29 is 8.42 Å². The number of nitrogens with one attached hydrogen (secondary N) is 1. The van der Waals surface area contributed by atoms with Crippen LogP contribution in [-0.2, 0) is 10.0 Å². The molecule has 3 N–H and O–H groups in total. The van der Waals surface area contributed by atoms with Gasteiger partial charge in [-0.05, 0) is 38.6 Å². The quantitative estimate of drug-likeness (QED) is 0.850.